The summed E-state index contributed by atoms with van der Waals surface area (Å²) in [5.41, 5.74) is 1.61. The Morgan fingerprint density at radius 3 is 2.71 bits per heavy atom. The highest BCUT2D eigenvalue weighted by Crippen LogP contribution is 2.33. The van der Waals surface area contributed by atoms with E-state index in [-0.39, 0.29) is 27.8 Å². The first-order valence-corrected chi connectivity index (χ1v) is 6.49. The Morgan fingerprint density at radius 1 is 1.43 bits per heavy atom. The van der Waals surface area contributed by atoms with Gasteiger partial charge in [0.05, 0.1) is 11.3 Å². The first kappa shape index (κ1) is 13.4. The zero-order chi connectivity index (χ0) is 15.1. The molecule has 0 aliphatic carbocycles. The van der Waals surface area contributed by atoms with Crippen LogP contribution in [0.25, 0.3) is 23.0 Å². The van der Waals surface area contributed by atoms with E-state index < -0.39 is 4.92 Å². The second kappa shape index (κ2) is 4.77. The lowest BCUT2D eigenvalue weighted by molar-refractivity contribution is -0.390. The summed E-state index contributed by atoms with van der Waals surface area (Å²) < 4.78 is 7.30. The minimum absolute atomic E-state index is 0.0736. The largest absolute Gasteiger partial charge is 0.414 e. The normalized spacial score (nSPS) is 11.0. The Labute approximate surface area is 125 Å². The molecule has 0 aromatic carbocycles. The highest BCUT2D eigenvalue weighted by atomic mass is 79.9. The molecule has 0 atom stereocenters. The molecule has 1 N–H and O–H groups in total. The molecule has 21 heavy (non-hydrogen) atoms. The molecular formula is C10H8BrN7O3. The second-order valence-corrected chi connectivity index (χ2v) is 5.00. The molecule has 3 aromatic heterocycles. The van der Waals surface area contributed by atoms with Crippen LogP contribution < -0.4 is 0 Å². The van der Waals surface area contributed by atoms with Crippen molar-refractivity contribution >= 4 is 21.7 Å². The fraction of sp³-hybridized carbons (Fsp3) is 0.200. The SMILES string of the molecule is Cc1nn(C)cc1-c1nnc(-c2n[nH]c([N+](=O)[O-])c2Br)o1. The van der Waals surface area contributed by atoms with Crippen molar-refractivity contribution in [1.82, 2.24) is 30.2 Å². The number of halogens is 1. The third-order valence-electron chi connectivity index (χ3n) is 2.74. The number of aromatic amines is 1. The maximum absolute atomic E-state index is 10.8. The summed E-state index contributed by atoms with van der Waals surface area (Å²) in [5, 5.41) is 28.8. The van der Waals surface area contributed by atoms with Gasteiger partial charge in [0.25, 0.3) is 11.8 Å². The smallest absolute Gasteiger partial charge is 0.357 e. The number of nitrogens with one attached hydrogen (secondary N) is 1. The predicted octanol–water partition coefficient (Wildman–Crippen LogP) is 1.84. The Morgan fingerprint density at radius 2 is 2.14 bits per heavy atom. The van der Waals surface area contributed by atoms with E-state index in [0.29, 0.717) is 5.56 Å². The zero-order valence-electron chi connectivity index (χ0n) is 10.9. The van der Waals surface area contributed by atoms with Gasteiger partial charge in [-0.3, -0.25) is 4.68 Å². The number of aromatic nitrogens is 6. The van der Waals surface area contributed by atoms with E-state index in [2.05, 4.69) is 41.4 Å². The van der Waals surface area contributed by atoms with Crippen molar-refractivity contribution < 1.29 is 9.34 Å². The molecule has 0 saturated carbocycles. The molecule has 0 aliphatic rings. The molecule has 0 bridgehead atoms. The van der Waals surface area contributed by atoms with Gasteiger partial charge in [0.1, 0.15) is 4.47 Å². The molecule has 3 aromatic rings. The molecule has 0 radical (unpaired) electrons. The summed E-state index contributed by atoms with van der Waals surface area (Å²) in [6, 6.07) is 0. The number of aryl methyl sites for hydroxylation is 2. The Hall–Kier alpha value is -2.56. The first-order chi connectivity index (χ1) is 9.97. The lowest BCUT2D eigenvalue weighted by atomic mass is 10.3. The quantitative estimate of drug-likeness (QED) is 0.561. The maximum Gasteiger partial charge on any atom is 0.357 e. The second-order valence-electron chi connectivity index (χ2n) is 4.21. The molecule has 3 rings (SSSR count). The number of nitrogens with zero attached hydrogens (tertiary/aromatic N) is 6. The van der Waals surface area contributed by atoms with Crippen molar-refractivity contribution in [1.29, 1.82) is 0 Å². The summed E-state index contributed by atoms with van der Waals surface area (Å²) in [7, 11) is 1.78. The Bertz CT molecular complexity index is 834. The minimum Gasteiger partial charge on any atom is -0.414 e. The van der Waals surface area contributed by atoms with Gasteiger partial charge in [0.15, 0.2) is 5.69 Å². The fourth-order valence-corrected chi connectivity index (χ4v) is 2.31. The van der Waals surface area contributed by atoms with Crippen molar-refractivity contribution in [3.05, 3.63) is 26.5 Å². The van der Waals surface area contributed by atoms with Crippen LogP contribution in [0, 0.1) is 17.0 Å². The average molecular weight is 354 g/mol. The Kier molecular flexibility index (Phi) is 3.05. The van der Waals surface area contributed by atoms with Gasteiger partial charge in [-0.05, 0) is 27.8 Å². The first-order valence-electron chi connectivity index (χ1n) is 5.70. The number of hydrogen-bond acceptors (Lipinski definition) is 7. The third kappa shape index (κ3) is 2.20. The van der Waals surface area contributed by atoms with Crippen LogP contribution in [-0.4, -0.2) is 35.1 Å². The van der Waals surface area contributed by atoms with Crippen molar-refractivity contribution in [2.45, 2.75) is 6.92 Å². The fourth-order valence-electron chi connectivity index (χ4n) is 1.82. The summed E-state index contributed by atoms with van der Waals surface area (Å²) in [6.07, 6.45) is 1.74. The molecule has 0 unspecified atom stereocenters. The van der Waals surface area contributed by atoms with E-state index in [0.717, 1.165) is 5.69 Å². The van der Waals surface area contributed by atoms with Gasteiger partial charge in [-0.1, -0.05) is 5.10 Å². The summed E-state index contributed by atoms with van der Waals surface area (Å²) in [6.45, 7) is 1.81. The van der Waals surface area contributed by atoms with Crippen LogP contribution in [0.15, 0.2) is 15.1 Å². The van der Waals surface area contributed by atoms with Gasteiger partial charge in [0.2, 0.25) is 0 Å². The van der Waals surface area contributed by atoms with E-state index in [1.165, 1.54) is 0 Å². The van der Waals surface area contributed by atoms with Crippen LogP contribution in [0.2, 0.25) is 0 Å². The number of nitro groups is 1. The van der Waals surface area contributed by atoms with Crippen molar-refractivity contribution in [3.63, 3.8) is 0 Å². The van der Waals surface area contributed by atoms with Crippen LogP contribution >= 0.6 is 15.9 Å². The Balaban J connectivity index is 2.03. The topological polar surface area (TPSA) is 129 Å². The molecule has 108 valence electrons. The lowest BCUT2D eigenvalue weighted by Crippen LogP contribution is -1.87. The van der Waals surface area contributed by atoms with E-state index in [1.54, 1.807) is 17.9 Å². The van der Waals surface area contributed by atoms with Gasteiger partial charge >= 0.3 is 5.82 Å². The predicted molar refractivity (Wildman–Crippen MR) is 73.2 cm³/mol. The highest BCUT2D eigenvalue weighted by molar-refractivity contribution is 9.10. The molecule has 3 heterocycles. The van der Waals surface area contributed by atoms with E-state index in [9.17, 15) is 10.1 Å². The number of hydrogen-bond donors (Lipinski definition) is 1. The van der Waals surface area contributed by atoms with Gasteiger partial charge in [-0.2, -0.15) is 5.10 Å². The molecular weight excluding hydrogens is 346 g/mol. The van der Waals surface area contributed by atoms with Crippen LogP contribution in [0.3, 0.4) is 0 Å². The van der Waals surface area contributed by atoms with Gasteiger partial charge in [-0.25, -0.2) is 0 Å². The zero-order valence-corrected chi connectivity index (χ0v) is 12.4. The van der Waals surface area contributed by atoms with E-state index in [4.69, 9.17) is 4.42 Å². The standard InChI is InChI=1S/C10H8BrN7O3/c1-4-5(3-17(2)16-4)9-14-15-10(21-9)7-6(11)8(13-12-7)18(19)20/h3H,1-2H3,(H,12,13). The van der Waals surface area contributed by atoms with Crippen molar-refractivity contribution in [2.75, 3.05) is 0 Å². The molecule has 11 heteroatoms. The molecule has 10 nitrogen and oxygen atoms in total. The molecule has 0 aliphatic heterocycles. The molecule has 0 saturated heterocycles. The van der Waals surface area contributed by atoms with Gasteiger partial charge < -0.3 is 14.5 Å². The highest BCUT2D eigenvalue weighted by Gasteiger charge is 2.25. The summed E-state index contributed by atoms with van der Waals surface area (Å²) in [4.78, 5) is 10.2. The third-order valence-corrected chi connectivity index (χ3v) is 3.49. The van der Waals surface area contributed by atoms with Gasteiger partial charge in [-0.15, -0.1) is 15.3 Å². The lowest BCUT2D eigenvalue weighted by Gasteiger charge is -1.90. The van der Waals surface area contributed by atoms with Gasteiger partial charge in [0, 0.05) is 13.2 Å². The molecule has 0 spiro atoms. The molecule has 0 fully saturated rings. The van der Waals surface area contributed by atoms with Crippen LogP contribution in [0.1, 0.15) is 5.69 Å². The number of rotatable bonds is 3. The molecule has 0 amide bonds. The average Bonchev–Trinajstić information content (AvgIpc) is 3.08. The van der Waals surface area contributed by atoms with Crippen LogP contribution in [-0.2, 0) is 7.05 Å². The minimum atomic E-state index is -0.594. The summed E-state index contributed by atoms with van der Waals surface area (Å²) in [5.74, 6) is 0.0694. The van der Waals surface area contributed by atoms with E-state index in [1.807, 2.05) is 6.92 Å². The van der Waals surface area contributed by atoms with Crippen molar-refractivity contribution in [3.8, 4) is 23.0 Å². The van der Waals surface area contributed by atoms with E-state index >= 15 is 0 Å². The monoisotopic (exact) mass is 353 g/mol. The van der Waals surface area contributed by atoms with Crippen LogP contribution in [0.5, 0.6) is 0 Å². The maximum atomic E-state index is 10.8. The van der Waals surface area contributed by atoms with Crippen LogP contribution in [0.4, 0.5) is 5.82 Å². The summed E-state index contributed by atoms with van der Waals surface area (Å²) >= 11 is 3.09. The number of H-pyrrole nitrogens is 1. The van der Waals surface area contributed by atoms with Crippen molar-refractivity contribution in [2.24, 2.45) is 7.05 Å².